The molecule has 0 unspecified atom stereocenters. The van der Waals surface area contributed by atoms with Gasteiger partial charge in [0, 0.05) is 30.0 Å². The maximum Gasteiger partial charge on any atom is 0.234 e. The second-order valence-corrected chi connectivity index (χ2v) is 6.85. The Hall–Kier alpha value is -1.60. The molecule has 1 aromatic rings. The molecule has 23 heavy (non-hydrogen) atoms. The number of aliphatic hydroxyl groups excluding tert-OH is 1. The smallest absolute Gasteiger partial charge is 0.234 e. The largest absolute Gasteiger partial charge is 0.511 e. The molecule has 5 nitrogen and oxygen atoms in total. The van der Waals surface area contributed by atoms with Crippen LogP contribution in [-0.2, 0) is 9.59 Å². The zero-order valence-corrected chi connectivity index (χ0v) is 15.0. The molecule has 2 N–H and O–H groups in total. The number of allylic oxidation sites excluding steroid dienone is 1. The molecule has 122 valence electrons. The van der Waals surface area contributed by atoms with Crippen LogP contribution >= 0.6 is 27.7 Å². The third-order valence-electron chi connectivity index (χ3n) is 3.27. The zero-order chi connectivity index (χ0) is 16.8. The average molecular weight is 397 g/mol. The van der Waals surface area contributed by atoms with Gasteiger partial charge in [-0.25, -0.2) is 0 Å². The fraction of sp³-hybridized carbons (Fsp3) is 0.312. The van der Waals surface area contributed by atoms with Gasteiger partial charge in [0.25, 0.3) is 0 Å². The number of nitrogens with zero attached hydrogens (tertiary/aromatic N) is 1. The lowest BCUT2D eigenvalue weighted by Crippen LogP contribution is -2.20. The molecule has 7 heteroatoms. The van der Waals surface area contributed by atoms with E-state index in [0.29, 0.717) is 30.0 Å². The molecule has 0 fully saturated rings. The van der Waals surface area contributed by atoms with Gasteiger partial charge in [-0.2, -0.15) is 0 Å². The lowest BCUT2D eigenvalue weighted by Gasteiger charge is -2.16. The van der Waals surface area contributed by atoms with E-state index in [0.717, 1.165) is 16.2 Å². The van der Waals surface area contributed by atoms with Crippen molar-refractivity contribution < 1.29 is 14.7 Å². The highest BCUT2D eigenvalue weighted by Gasteiger charge is 2.25. The van der Waals surface area contributed by atoms with Gasteiger partial charge in [-0.15, -0.1) is 0 Å². The number of carbonyl (C=O) groups is 2. The van der Waals surface area contributed by atoms with Crippen molar-refractivity contribution in [2.24, 2.45) is 4.99 Å². The van der Waals surface area contributed by atoms with E-state index in [4.69, 9.17) is 0 Å². The Morgan fingerprint density at radius 1 is 1.35 bits per heavy atom. The highest BCUT2D eigenvalue weighted by atomic mass is 79.9. The first-order valence-corrected chi connectivity index (χ1v) is 8.90. The van der Waals surface area contributed by atoms with E-state index < -0.39 is 0 Å². The molecular formula is C16H17BrN2O3S. The van der Waals surface area contributed by atoms with E-state index in [2.05, 4.69) is 26.2 Å². The summed E-state index contributed by atoms with van der Waals surface area (Å²) in [4.78, 5) is 28.0. The van der Waals surface area contributed by atoms with Crippen LogP contribution in [-0.4, -0.2) is 34.6 Å². The third-order valence-corrected chi connectivity index (χ3v) is 4.87. The summed E-state index contributed by atoms with van der Waals surface area (Å²) in [5, 5.41) is 13.1. The fourth-order valence-electron chi connectivity index (χ4n) is 2.18. The van der Waals surface area contributed by atoms with Gasteiger partial charge in [0.2, 0.25) is 5.91 Å². The minimum Gasteiger partial charge on any atom is -0.511 e. The second kappa shape index (κ2) is 8.31. The first kappa shape index (κ1) is 17.7. The van der Waals surface area contributed by atoms with E-state index in [1.807, 2.05) is 12.1 Å². The molecule has 1 aliphatic carbocycles. The monoisotopic (exact) mass is 396 g/mol. The van der Waals surface area contributed by atoms with Crippen LogP contribution in [0.3, 0.4) is 0 Å². The lowest BCUT2D eigenvalue weighted by molar-refractivity contribution is -0.116. The molecule has 0 spiro atoms. The Balaban J connectivity index is 1.97. The Bertz CT molecular complexity index is 668. The predicted octanol–water partition coefficient (Wildman–Crippen LogP) is 3.71. The van der Waals surface area contributed by atoms with Crippen molar-refractivity contribution in [3.8, 4) is 0 Å². The maximum absolute atomic E-state index is 12.0. The minimum absolute atomic E-state index is 0.0719. The topological polar surface area (TPSA) is 78.8 Å². The van der Waals surface area contributed by atoms with Crippen LogP contribution in [0, 0.1) is 0 Å². The zero-order valence-electron chi connectivity index (χ0n) is 12.6. The summed E-state index contributed by atoms with van der Waals surface area (Å²) in [6.45, 7) is 0. The van der Waals surface area contributed by atoms with Gasteiger partial charge in [-0.1, -0.05) is 27.7 Å². The third kappa shape index (κ3) is 4.94. The van der Waals surface area contributed by atoms with Crippen LogP contribution < -0.4 is 5.32 Å². The number of aliphatic imine (C=N–C) groups is 1. The summed E-state index contributed by atoms with van der Waals surface area (Å²) in [6.07, 6.45) is 1.54. The Morgan fingerprint density at radius 2 is 2.04 bits per heavy atom. The second-order valence-electron chi connectivity index (χ2n) is 4.97. The first-order valence-electron chi connectivity index (χ1n) is 7.12. The summed E-state index contributed by atoms with van der Waals surface area (Å²) >= 11 is 4.49. The van der Waals surface area contributed by atoms with Crippen LogP contribution in [0.4, 0.5) is 5.69 Å². The summed E-state index contributed by atoms with van der Waals surface area (Å²) in [5.41, 5.74) is 0.963. The molecule has 0 bridgehead atoms. The van der Waals surface area contributed by atoms with E-state index in [-0.39, 0.29) is 28.8 Å². The summed E-state index contributed by atoms with van der Waals surface area (Å²) in [6, 6.07) is 7.26. The SMILES string of the molecule is CN=C(SCC(=O)Nc1ccc(Br)cc1)C1=C(O)CCCC1=O. The van der Waals surface area contributed by atoms with Gasteiger partial charge >= 0.3 is 0 Å². The van der Waals surface area contributed by atoms with Gasteiger partial charge in [0.05, 0.1) is 11.3 Å². The number of Topliss-reactive ketones (excluding diaryl/α,β-unsaturated/α-hetero) is 1. The number of hydrogen-bond donors (Lipinski definition) is 2. The van der Waals surface area contributed by atoms with Crippen LogP contribution in [0.1, 0.15) is 19.3 Å². The van der Waals surface area contributed by atoms with E-state index in [9.17, 15) is 14.7 Å². The fourth-order valence-corrected chi connectivity index (χ4v) is 3.29. The molecule has 0 atom stereocenters. The average Bonchev–Trinajstić information content (AvgIpc) is 2.52. The minimum atomic E-state index is -0.193. The molecule has 0 aliphatic heterocycles. The number of nitrogens with one attached hydrogen (secondary N) is 1. The van der Waals surface area contributed by atoms with E-state index in [1.54, 1.807) is 19.2 Å². The normalized spacial score (nSPS) is 15.7. The van der Waals surface area contributed by atoms with Crippen molar-refractivity contribution in [1.82, 2.24) is 0 Å². The maximum atomic E-state index is 12.0. The van der Waals surface area contributed by atoms with Crippen LogP contribution in [0.5, 0.6) is 0 Å². The number of aliphatic hydroxyl groups is 1. The van der Waals surface area contributed by atoms with Crippen molar-refractivity contribution in [2.45, 2.75) is 19.3 Å². The molecule has 1 aromatic carbocycles. The molecule has 1 aliphatic rings. The highest BCUT2D eigenvalue weighted by molar-refractivity contribution is 9.10. The molecule has 0 saturated carbocycles. The van der Waals surface area contributed by atoms with Gasteiger partial charge in [0.15, 0.2) is 5.78 Å². The number of hydrogen-bond acceptors (Lipinski definition) is 5. The van der Waals surface area contributed by atoms with Crippen molar-refractivity contribution in [3.63, 3.8) is 0 Å². The number of rotatable bonds is 4. The van der Waals surface area contributed by atoms with Crippen LogP contribution in [0.15, 0.2) is 45.1 Å². The molecule has 0 heterocycles. The quantitative estimate of drug-likeness (QED) is 0.600. The van der Waals surface area contributed by atoms with Gasteiger partial charge in [-0.3, -0.25) is 14.6 Å². The van der Waals surface area contributed by atoms with Crippen LogP contribution in [0.2, 0.25) is 0 Å². The Morgan fingerprint density at radius 3 is 2.65 bits per heavy atom. The first-order chi connectivity index (χ1) is 11.0. The standard InChI is InChI=1S/C16H17BrN2O3S/c1-18-16(15-12(20)3-2-4-13(15)21)23-9-14(22)19-11-7-5-10(17)6-8-11/h5-8,20H,2-4,9H2,1H3,(H,19,22). The predicted molar refractivity (Wildman–Crippen MR) is 97.1 cm³/mol. The number of anilines is 1. The molecule has 0 aromatic heterocycles. The van der Waals surface area contributed by atoms with Crippen molar-refractivity contribution >= 4 is 50.1 Å². The number of benzene rings is 1. The molecular weight excluding hydrogens is 380 g/mol. The number of amides is 1. The summed E-state index contributed by atoms with van der Waals surface area (Å²) in [5.74, 6) is -0.119. The lowest BCUT2D eigenvalue weighted by atomic mass is 9.97. The summed E-state index contributed by atoms with van der Waals surface area (Å²) < 4.78 is 0.934. The molecule has 1 amide bonds. The number of ketones is 1. The molecule has 0 radical (unpaired) electrons. The van der Waals surface area contributed by atoms with Gasteiger partial charge in [0.1, 0.15) is 10.8 Å². The van der Waals surface area contributed by atoms with Crippen molar-refractivity contribution in [1.29, 1.82) is 0 Å². The summed E-state index contributed by atoms with van der Waals surface area (Å²) in [7, 11) is 1.55. The van der Waals surface area contributed by atoms with Crippen LogP contribution in [0.25, 0.3) is 0 Å². The highest BCUT2D eigenvalue weighted by Crippen LogP contribution is 2.25. The van der Waals surface area contributed by atoms with Crippen molar-refractivity contribution in [2.75, 3.05) is 18.1 Å². The Kier molecular flexibility index (Phi) is 6.41. The van der Waals surface area contributed by atoms with E-state index in [1.165, 1.54) is 0 Å². The number of thioether (sulfide) groups is 1. The Labute approximate surface area is 147 Å². The molecule has 2 rings (SSSR count). The number of halogens is 1. The molecule has 0 saturated heterocycles. The van der Waals surface area contributed by atoms with Gasteiger partial charge < -0.3 is 10.4 Å². The van der Waals surface area contributed by atoms with E-state index >= 15 is 0 Å². The van der Waals surface area contributed by atoms with Gasteiger partial charge in [-0.05, 0) is 30.7 Å². The van der Waals surface area contributed by atoms with Crippen molar-refractivity contribution in [3.05, 3.63) is 40.1 Å². The number of carbonyl (C=O) groups excluding carboxylic acids is 2.